The number of hydrogen-bond donors (Lipinski definition) is 0. The lowest BCUT2D eigenvalue weighted by molar-refractivity contribution is 0.831. The highest BCUT2D eigenvalue weighted by atomic mass is 15.0. The predicted octanol–water partition coefficient (Wildman–Crippen LogP) is 3.55. The third kappa shape index (κ3) is 1.96. The first-order valence-electron chi connectivity index (χ1n) is 5.22. The molecule has 0 atom stereocenters. The third-order valence-electron chi connectivity index (χ3n) is 2.45. The molecule has 0 aliphatic carbocycles. The van der Waals surface area contributed by atoms with E-state index in [4.69, 9.17) is 6.57 Å². The number of benzene rings is 1. The van der Waals surface area contributed by atoms with E-state index in [1.54, 1.807) is 12.4 Å². The summed E-state index contributed by atoms with van der Waals surface area (Å²) in [7, 11) is 0. The van der Waals surface area contributed by atoms with E-state index >= 15 is 0 Å². The minimum Gasteiger partial charge on any atom is -0.307 e. The summed E-state index contributed by atoms with van der Waals surface area (Å²) in [4.78, 5) is 7.75. The average molecular weight is 211 g/mol. The molecule has 3 nitrogen and oxygen atoms in total. The largest absolute Gasteiger partial charge is 0.307 e. The first-order chi connectivity index (χ1) is 7.70. The molecule has 0 unspecified atom stereocenters. The van der Waals surface area contributed by atoms with Gasteiger partial charge in [0.1, 0.15) is 0 Å². The van der Waals surface area contributed by atoms with Crippen LogP contribution in [0.2, 0.25) is 0 Å². The molecule has 80 valence electrons. The molecule has 0 aliphatic rings. The van der Waals surface area contributed by atoms with Crippen molar-refractivity contribution in [1.29, 1.82) is 0 Å². The summed E-state index contributed by atoms with van der Waals surface area (Å²) in [6.07, 6.45) is 3.80. The Morgan fingerprint density at radius 1 is 1.38 bits per heavy atom. The molecule has 0 saturated carbocycles. The van der Waals surface area contributed by atoms with Crippen LogP contribution in [0.15, 0.2) is 36.8 Å². The highest BCUT2D eigenvalue weighted by Crippen LogP contribution is 2.19. The Morgan fingerprint density at radius 3 is 2.81 bits per heavy atom. The van der Waals surface area contributed by atoms with E-state index in [9.17, 15) is 0 Å². The van der Waals surface area contributed by atoms with Gasteiger partial charge in [0.2, 0.25) is 0 Å². The fourth-order valence-electron chi connectivity index (χ4n) is 1.50. The Labute approximate surface area is 95.2 Å². The molecule has 1 aromatic heterocycles. The van der Waals surface area contributed by atoms with E-state index in [0.717, 1.165) is 11.4 Å². The number of imidazole rings is 1. The number of aromatic nitrogens is 2. The molecule has 0 saturated heterocycles. The zero-order valence-corrected chi connectivity index (χ0v) is 9.38. The maximum absolute atomic E-state index is 6.98. The fourth-order valence-corrected chi connectivity index (χ4v) is 1.50. The van der Waals surface area contributed by atoms with Crippen molar-refractivity contribution in [1.82, 2.24) is 9.55 Å². The Morgan fingerprint density at radius 2 is 2.19 bits per heavy atom. The van der Waals surface area contributed by atoms with Crippen LogP contribution < -0.4 is 0 Å². The molecule has 16 heavy (non-hydrogen) atoms. The first kappa shape index (κ1) is 10.4. The van der Waals surface area contributed by atoms with Gasteiger partial charge in [-0.2, -0.15) is 0 Å². The van der Waals surface area contributed by atoms with Crippen molar-refractivity contribution in [3.63, 3.8) is 0 Å². The van der Waals surface area contributed by atoms with Gasteiger partial charge in [-0.3, -0.25) is 0 Å². The normalized spacial score (nSPS) is 10.4. The van der Waals surface area contributed by atoms with Crippen LogP contribution >= 0.6 is 0 Å². The van der Waals surface area contributed by atoms with Crippen molar-refractivity contribution in [2.24, 2.45) is 0 Å². The summed E-state index contributed by atoms with van der Waals surface area (Å²) in [6.45, 7) is 11.2. The van der Waals surface area contributed by atoms with E-state index in [2.05, 4.69) is 23.7 Å². The van der Waals surface area contributed by atoms with E-state index in [0.29, 0.717) is 11.6 Å². The Balaban J connectivity index is 2.39. The summed E-state index contributed by atoms with van der Waals surface area (Å²) in [6, 6.07) is 7.52. The highest BCUT2D eigenvalue weighted by Gasteiger charge is 2.04. The van der Waals surface area contributed by atoms with Crippen LogP contribution in [0.5, 0.6) is 0 Å². The van der Waals surface area contributed by atoms with Crippen LogP contribution in [-0.4, -0.2) is 9.55 Å². The molecule has 0 spiro atoms. The third-order valence-corrected chi connectivity index (χ3v) is 2.45. The molecule has 0 fully saturated rings. The van der Waals surface area contributed by atoms with E-state index in [-0.39, 0.29) is 0 Å². The van der Waals surface area contributed by atoms with Gasteiger partial charge in [-0.15, -0.1) is 0 Å². The molecule has 0 bridgehead atoms. The summed E-state index contributed by atoms with van der Waals surface area (Å²) in [5.41, 5.74) is 2.69. The quantitative estimate of drug-likeness (QED) is 0.696. The van der Waals surface area contributed by atoms with Crippen LogP contribution in [-0.2, 0) is 0 Å². The minimum atomic E-state index is 0.422. The smallest absolute Gasteiger partial charge is 0.189 e. The SMILES string of the molecule is [C-]#[N+]c1cccc(-n2cnc(C(C)C)c2)c1. The zero-order chi connectivity index (χ0) is 11.5. The summed E-state index contributed by atoms with van der Waals surface area (Å²) < 4.78 is 1.95. The van der Waals surface area contributed by atoms with Gasteiger partial charge in [0, 0.05) is 11.9 Å². The van der Waals surface area contributed by atoms with Crippen molar-refractivity contribution >= 4 is 5.69 Å². The summed E-state index contributed by atoms with van der Waals surface area (Å²) >= 11 is 0. The lowest BCUT2D eigenvalue weighted by Gasteiger charge is -2.02. The van der Waals surface area contributed by atoms with Crippen molar-refractivity contribution < 1.29 is 0 Å². The van der Waals surface area contributed by atoms with E-state index in [1.165, 1.54) is 0 Å². The van der Waals surface area contributed by atoms with Crippen LogP contribution in [0.1, 0.15) is 25.5 Å². The van der Waals surface area contributed by atoms with Crippen molar-refractivity contribution in [2.75, 3.05) is 0 Å². The molecular formula is C13H13N3. The molecule has 0 aliphatic heterocycles. The highest BCUT2D eigenvalue weighted by molar-refractivity contribution is 5.51. The number of hydrogen-bond acceptors (Lipinski definition) is 1. The minimum absolute atomic E-state index is 0.422. The molecule has 3 heteroatoms. The molecule has 1 heterocycles. The molecule has 2 rings (SSSR count). The van der Waals surface area contributed by atoms with Gasteiger partial charge >= 0.3 is 0 Å². The van der Waals surface area contributed by atoms with Gasteiger partial charge in [0.25, 0.3) is 0 Å². The van der Waals surface area contributed by atoms with E-state index in [1.807, 2.05) is 29.0 Å². The van der Waals surface area contributed by atoms with Gasteiger partial charge in [-0.25, -0.2) is 9.83 Å². The second-order valence-electron chi connectivity index (χ2n) is 3.99. The summed E-state index contributed by atoms with van der Waals surface area (Å²) in [5.74, 6) is 0.422. The second kappa shape index (κ2) is 4.19. The maximum Gasteiger partial charge on any atom is 0.189 e. The van der Waals surface area contributed by atoms with E-state index < -0.39 is 0 Å². The Bertz CT molecular complexity index is 532. The monoisotopic (exact) mass is 211 g/mol. The molecule has 0 amide bonds. The lowest BCUT2D eigenvalue weighted by atomic mass is 10.2. The van der Waals surface area contributed by atoms with Crippen molar-refractivity contribution in [3.05, 3.63) is 53.9 Å². The van der Waals surface area contributed by atoms with Crippen LogP contribution in [0.4, 0.5) is 5.69 Å². The molecular weight excluding hydrogens is 198 g/mol. The van der Waals surface area contributed by atoms with Crippen LogP contribution in [0.3, 0.4) is 0 Å². The second-order valence-corrected chi connectivity index (χ2v) is 3.99. The topological polar surface area (TPSA) is 22.2 Å². The van der Waals surface area contributed by atoms with Gasteiger partial charge < -0.3 is 4.57 Å². The average Bonchev–Trinajstić information content (AvgIpc) is 2.78. The van der Waals surface area contributed by atoms with Crippen LogP contribution in [0.25, 0.3) is 10.5 Å². The fraction of sp³-hybridized carbons (Fsp3) is 0.231. The van der Waals surface area contributed by atoms with Gasteiger partial charge in [-0.05, 0) is 18.1 Å². The van der Waals surface area contributed by atoms with Gasteiger partial charge in [-0.1, -0.05) is 26.0 Å². The first-order valence-corrected chi connectivity index (χ1v) is 5.22. The maximum atomic E-state index is 6.98. The predicted molar refractivity (Wildman–Crippen MR) is 63.9 cm³/mol. The standard InChI is InChI=1S/C13H13N3/c1-10(2)13-8-16(9-15-13)12-6-4-5-11(7-12)14-3/h4-10H,1-2H3. The number of rotatable bonds is 2. The Hall–Kier alpha value is -2.08. The zero-order valence-electron chi connectivity index (χ0n) is 9.38. The molecule has 2 aromatic rings. The van der Waals surface area contributed by atoms with Crippen LogP contribution in [0, 0.1) is 6.57 Å². The van der Waals surface area contributed by atoms with Crippen molar-refractivity contribution in [2.45, 2.75) is 19.8 Å². The summed E-state index contributed by atoms with van der Waals surface area (Å²) in [5, 5.41) is 0. The molecule has 1 aromatic carbocycles. The molecule has 0 radical (unpaired) electrons. The van der Waals surface area contributed by atoms with Gasteiger partial charge in [0.15, 0.2) is 5.69 Å². The Kier molecular flexibility index (Phi) is 2.74. The number of nitrogens with zero attached hydrogens (tertiary/aromatic N) is 3. The van der Waals surface area contributed by atoms with Gasteiger partial charge in [0.05, 0.1) is 18.6 Å². The lowest BCUT2D eigenvalue weighted by Crippen LogP contribution is -1.89. The molecule has 0 N–H and O–H groups in total. The van der Waals surface area contributed by atoms with Crippen molar-refractivity contribution in [3.8, 4) is 5.69 Å².